The Kier molecular flexibility index (Phi) is 3.99. The van der Waals surface area contributed by atoms with Gasteiger partial charge in [0.2, 0.25) is 0 Å². The van der Waals surface area contributed by atoms with E-state index in [9.17, 15) is 9.90 Å². The van der Waals surface area contributed by atoms with Crippen molar-refractivity contribution in [1.82, 2.24) is 0 Å². The molecule has 1 aliphatic heterocycles. The first-order valence-corrected chi connectivity index (χ1v) is 8.93. The molecule has 0 aromatic heterocycles. The minimum atomic E-state index is -2.65. The summed E-state index contributed by atoms with van der Waals surface area (Å²) < 4.78 is 0.350. The SMILES string of the molecule is O=C1O[C@@](O)(C(Cl)(Cl)Cl)[C@@H]2[C@@H]1[C@]1(Cl)C(Cl)=C(Cl)[C@]2(Cl)C1(Cl)Cl. The van der Waals surface area contributed by atoms with Gasteiger partial charge in [-0.15, -0.1) is 23.2 Å². The van der Waals surface area contributed by atoms with Crippen molar-refractivity contribution in [2.24, 2.45) is 11.8 Å². The van der Waals surface area contributed by atoms with Gasteiger partial charge in [0.1, 0.15) is 9.75 Å². The van der Waals surface area contributed by atoms with Crippen molar-refractivity contribution in [3.63, 3.8) is 0 Å². The van der Waals surface area contributed by atoms with E-state index in [2.05, 4.69) is 0 Å². The number of rotatable bonds is 0. The fourth-order valence-electron chi connectivity index (χ4n) is 3.29. The van der Waals surface area contributed by atoms with E-state index in [1.165, 1.54) is 0 Å². The Labute approximate surface area is 169 Å². The van der Waals surface area contributed by atoms with E-state index < -0.39 is 41.5 Å². The highest BCUT2D eigenvalue weighted by Crippen LogP contribution is 2.80. The quantitative estimate of drug-likeness (QED) is 0.397. The molecule has 3 rings (SSSR count). The molecule has 0 unspecified atom stereocenters. The Morgan fingerprint density at radius 3 is 1.91 bits per heavy atom. The van der Waals surface area contributed by atoms with Gasteiger partial charge in [-0.25, -0.2) is 0 Å². The van der Waals surface area contributed by atoms with Crippen molar-refractivity contribution in [2.75, 3.05) is 0 Å². The van der Waals surface area contributed by atoms with Gasteiger partial charge in [-0.2, -0.15) is 0 Å². The molecule has 5 atom stereocenters. The van der Waals surface area contributed by atoms with E-state index in [1.54, 1.807) is 0 Å². The molecule has 0 aromatic carbocycles. The normalized spacial score (nSPS) is 49.6. The lowest BCUT2D eigenvalue weighted by Gasteiger charge is -2.41. The van der Waals surface area contributed by atoms with Crippen LogP contribution in [0.2, 0.25) is 0 Å². The van der Waals surface area contributed by atoms with E-state index in [1.807, 2.05) is 0 Å². The van der Waals surface area contributed by atoms with Crippen molar-refractivity contribution >= 4 is 110 Å². The number of hydrogen-bond acceptors (Lipinski definition) is 3. The maximum atomic E-state index is 12.3. The Hall–Kier alpha value is 1.78. The first kappa shape index (κ1) is 18.6. The van der Waals surface area contributed by atoms with E-state index in [4.69, 9.17) is 109 Å². The molecule has 2 bridgehead atoms. The predicted octanol–water partition coefficient (Wildman–Crippen LogP) is 4.68. The number of fused-ring (bicyclic) bond motifs is 5. The van der Waals surface area contributed by atoms with Gasteiger partial charge in [0.25, 0.3) is 9.58 Å². The van der Waals surface area contributed by atoms with Crippen LogP contribution in [0.5, 0.6) is 0 Å². The van der Waals surface area contributed by atoms with Crippen LogP contribution in [0.15, 0.2) is 10.1 Å². The molecule has 124 valence electrons. The fraction of sp³-hybridized carbons (Fsp3) is 0.700. The summed E-state index contributed by atoms with van der Waals surface area (Å²) in [4.78, 5) is 8.33. The minimum Gasteiger partial charge on any atom is -0.428 e. The van der Waals surface area contributed by atoms with Gasteiger partial charge in [-0.3, -0.25) is 4.79 Å². The third kappa shape index (κ3) is 1.64. The molecule has 1 saturated carbocycles. The first-order valence-electron chi connectivity index (χ1n) is 5.52. The average Bonchev–Trinajstić information content (AvgIpc) is 2.76. The van der Waals surface area contributed by atoms with E-state index in [0.717, 1.165) is 0 Å². The smallest absolute Gasteiger partial charge is 0.314 e. The molecule has 0 radical (unpaired) electrons. The molecular weight excluding hydrogens is 487 g/mol. The molecule has 0 amide bonds. The number of cyclic esters (lactones) is 1. The zero-order chi connectivity index (χ0) is 17.1. The summed E-state index contributed by atoms with van der Waals surface area (Å²) in [6.07, 6.45) is 0. The molecular formula is C10H3Cl9O3. The zero-order valence-corrected chi connectivity index (χ0v) is 16.6. The van der Waals surface area contributed by atoms with Gasteiger partial charge in [0.15, 0.2) is 4.33 Å². The van der Waals surface area contributed by atoms with Crippen molar-refractivity contribution in [3.8, 4) is 0 Å². The number of allylic oxidation sites excluding steroid dienone is 2. The standard InChI is InChI=1S/C10H3Cl9O3/c11-3-4(12)7(14)2-1(6(3,13)9(7,15)16)5(20)22-8(2,21)10(17,18)19/h1-2,21H/t1-,2+,6-,7-,8+/m0/s1. The van der Waals surface area contributed by atoms with Crippen molar-refractivity contribution in [2.45, 2.75) is 23.7 Å². The maximum Gasteiger partial charge on any atom is 0.314 e. The Bertz CT molecular complexity index is 628. The third-order valence-electron chi connectivity index (χ3n) is 4.27. The van der Waals surface area contributed by atoms with Gasteiger partial charge in [0.05, 0.1) is 21.9 Å². The lowest BCUT2D eigenvalue weighted by Crippen LogP contribution is -2.57. The van der Waals surface area contributed by atoms with Crippen molar-refractivity contribution < 1.29 is 14.6 Å². The van der Waals surface area contributed by atoms with Crippen LogP contribution < -0.4 is 0 Å². The molecule has 0 aromatic rings. The molecule has 3 aliphatic rings. The molecule has 2 aliphatic carbocycles. The number of hydrogen-bond donors (Lipinski definition) is 1. The number of carbonyl (C=O) groups is 1. The molecule has 1 saturated heterocycles. The maximum absolute atomic E-state index is 12.3. The summed E-state index contributed by atoms with van der Waals surface area (Å²) >= 11 is 55.0. The zero-order valence-electron chi connectivity index (χ0n) is 9.82. The molecule has 2 fully saturated rings. The second-order valence-electron chi connectivity index (χ2n) is 5.20. The predicted molar refractivity (Wildman–Crippen MR) is 88.6 cm³/mol. The molecule has 1 heterocycles. The largest absolute Gasteiger partial charge is 0.428 e. The Balaban J connectivity index is 2.35. The van der Waals surface area contributed by atoms with Gasteiger partial charge >= 0.3 is 5.97 Å². The van der Waals surface area contributed by atoms with E-state index in [0.29, 0.717) is 0 Å². The van der Waals surface area contributed by atoms with Crippen LogP contribution in [0.1, 0.15) is 0 Å². The summed E-state index contributed by atoms with van der Waals surface area (Å²) in [6.45, 7) is 0. The van der Waals surface area contributed by atoms with Crippen molar-refractivity contribution in [3.05, 3.63) is 10.1 Å². The van der Waals surface area contributed by atoms with Crippen LogP contribution in [0, 0.1) is 11.8 Å². The topological polar surface area (TPSA) is 46.5 Å². The fourth-order valence-corrected chi connectivity index (χ4v) is 6.74. The van der Waals surface area contributed by atoms with Crippen LogP contribution in [0.3, 0.4) is 0 Å². The van der Waals surface area contributed by atoms with Crippen molar-refractivity contribution in [1.29, 1.82) is 0 Å². The Morgan fingerprint density at radius 2 is 1.45 bits per heavy atom. The highest BCUT2D eigenvalue weighted by Gasteiger charge is 2.91. The summed E-state index contributed by atoms with van der Waals surface area (Å²) in [5, 5.41) is 10.2. The number of aliphatic hydroxyl groups is 1. The molecule has 1 N–H and O–H groups in total. The molecule has 22 heavy (non-hydrogen) atoms. The van der Waals surface area contributed by atoms with E-state index in [-0.39, 0.29) is 10.1 Å². The summed E-state index contributed by atoms with van der Waals surface area (Å²) in [5.41, 5.74) is 0. The number of alkyl halides is 7. The Morgan fingerprint density at radius 1 is 1.00 bits per heavy atom. The first-order chi connectivity index (χ1) is 9.69. The summed E-state index contributed by atoms with van der Waals surface area (Å²) in [7, 11) is 0. The van der Waals surface area contributed by atoms with Gasteiger partial charge in [0, 0.05) is 0 Å². The highest BCUT2D eigenvalue weighted by atomic mass is 35.6. The highest BCUT2D eigenvalue weighted by molar-refractivity contribution is 6.69. The van der Waals surface area contributed by atoms with Crippen LogP contribution >= 0.6 is 104 Å². The third-order valence-corrected chi connectivity index (χ3v) is 9.34. The number of carbonyl (C=O) groups excluding carboxylic acids is 1. The van der Waals surface area contributed by atoms with Crippen LogP contribution in [-0.2, 0) is 9.53 Å². The van der Waals surface area contributed by atoms with Crippen LogP contribution in [0.4, 0.5) is 0 Å². The lowest BCUT2D eigenvalue weighted by atomic mass is 9.79. The van der Waals surface area contributed by atoms with Gasteiger partial charge in [-0.1, -0.05) is 81.2 Å². The number of esters is 1. The monoisotopic (exact) mass is 486 g/mol. The summed E-state index contributed by atoms with van der Waals surface area (Å²) in [6, 6.07) is 0. The second-order valence-corrected chi connectivity index (χ2v) is 10.8. The lowest BCUT2D eigenvalue weighted by molar-refractivity contribution is -0.201. The van der Waals surface area contributed by atoms with Crippen LogP contribution in [0.25, 0.3) is 0 Å². The van der Waals surface area contributed by atoms with E-state index >= 15 is 0 Å². The summed E-state index contributed by atoms with van der Waals surface area (Å²) in [5.74, 6) is -6.46. The average molecular weight is 490 g/mol. The molecule has 12 heteroatoms. The van der Waals surface area contributed by atoms with Gasteiger partial charge in [-0.05, 0) is 0 Å². The minimum absolute atomic E-state index is 0.220. The number of ether oxygens (including phenoxy) is 1. The molecule has 3 nitrogen and oxygen atoms in total. The molecule has 0 spiro atoms. The van der Waals surface area contributed by atoms with Crippen LogP contribution in [-0.4, -0.2) is 34.7 Å². The van der Waals surface area contributed by atoms with Gasteiger partial charge < -0.3 is 9.84 Å². The second kappa shape index (κ2) is 4.73. The number of halogens is 9.